The summed E-state index contributed by atoms with van der Waals surface area (Å²) in [5.41, 5.74) is 2.62. The number of carbonyl (C=O) groups excluding carboxylic acids is 1. The van der Waals surface area contributed by atoms with E-state index < -0.39 is 5.97 Å². The number of para-hydroxylation sites is 1. The third-order valence-corrected chi connectivity index (χ3v) is 4.30. The van der Waals surface area contributed by atoms with Gasteiger partial charge in [-0.3, -0.25) is 4.98 Å². The van der Waals surface area contributed by atoms with E-state index in [1.807, 2.05) is 42.5 Å². The Labute approximate surface area is 154 Å². The third-order valence-electron chi connectivity index (χ3n) is 3.68. The number of benzene rings is 2. The van der Waals surface area contributed by atoms with Crippen LogP contribution in [0.25, 0.3) is 10.9 Å². The number of pyridine rings is 1. The average molecular weight is 401 g/mol. The predicted molar refractivity (Wildman–Crippen MR) is 102 cm³/mol. The summed E-state index contributed by atoms with van der Waals surface area (Å²) < 4.78 is 11.3. The first-order valence-electron chi connectivity index (χ1n) is 7.79. The fraction of sp³-hybridized carbons (Fsp3) is 0.158. The third kappa shape index (κ3) is 3.58. The molecule has 1 N–H and O–H groups in total. The lowest BCUT2D eigenvalue weighted by atomic mass is 10.1. The van der Waals surface area contributed by atoms with Gasteiger partial charge in [-0.2, -0.15) is 0 Å². The Morgan fingerprint density at radius 3 is 2.68 bits per heavy atom. The standard InChI is InChI=1S/C19H17BrN2O3/c1-3-25-19(23)14-11-21-16-10-17(24-2)15(20)9-13(16)18(14)22-12-7-5-4-6-8-12/h4-11H,3H2,1-2H3,(H,21,22). The van der Waals surface area contributed by atoms with E-state index in [1.54, 1.807) is 14.0 Å². The van der Waals surface area contributed by atoms with Crippen LogP contribution < -0.4 is 10.1 Å². The first-order chi connectivity index (χ1) is 12.1. The number of fused-ring (bicyclic) bond motifs is 1. The van der Waals surface area contributed by atoms with Crippen LogP contribution in [0.2, 0.25) is 0 Å². The second-order valence-electron chi connectivity index (χ2n) is 5.26. The van der Waals surface area contributed by atoms with Gasteiger partial charge in [0.15, 0.2) is 0 Å². The largest absolute Gasteiger partial charge is 0.495 e. The number of nitrogens with zero attached hydrogens (tertiary/aromatic N) is 1. The van der Waals surface area contributed by atoms with E-state index in [0.29, 0.717) is 29.1 Å². The number of esters is 1. The van der Waals surface area contributed by atoms with E-state index in [-0.39, 0.29) is 0 Å². The van der Waals surface area contributed by atoms with Gasteiger partial charge in [0.2, 0.25) is 0 Å². The summed E-state index contributed by atoms with van der Waals surface area (Å²) in [5.74, 6) is 0.261. The van der Waals surface area contributed by atoms with Crippen molar-refractivity contribution in [1.29, 1.82) is 0 Å². The van der Waals surface area contributed by atoms with Crippen LogP contribution in [0.3, 0.4) is 0 Å². The fourth-order valence-corrected chi connectivity index (χ4v) is 3.02. The van der Waals surface area contributed by atoms with Crippen molar-refractivity contribution < 1.29 is 14.3 Å². The number of ether oxygens (including phenoxy) is 2. The van der Waals surface area contributed by atoms with Crippen molar-refractivity contribution in [3.8, 4) is 5.75 Å². The summed E-state index contributed by atoms with van der Waals surface area (Å²) in [5, 5.41) is 4.11. The number of halogens is 1. The number of aromatic nitrogens is 1. The minimum Gasteiger partial charge on any atom is -0.495 e. The minimum atomic E-state index is -0.415. The maximum absolute atomic E-state index is 12.4. The number of nitrogens with one attached hydrogen (secondary N) is 1. The zero-order valence-corrected chi connectivity index (χ0v) is 15.5. The van der Waals surface area contributed by atoms with Gasteiger partial charge < -0.3 is 14.8 Å². The molecule has 0 saturated carbocycles. The van der Waals surface area contributed by atoms with Crippen molar-refractivity contribution in [3.63, 3.8) is 0 Å². The molecule has 128 valence electrons. The van der Waals surface area contributed by atoms with Gasteiger partial charge in [-0.25, -0.2) is 4.79 Å². The molecule has 0 saturated heterocycles. The number of carbonyl (C=O) groups is 1. The maximum Gasteiger partial charge on any atom is 0.341 e. The van der Waals surface area contributed by atoms with E-state index in [4.69, 9.17) is 9.47 Å². The molecule has 0 aliphatic heterocycles. The van der Waals surface area contributed by atoms with Gasteiger partial charge >= 0.3 is 5.97 Å². The van der Waals surface area contributed by atoms with Crippen LogP contribution in [-0.4, -0.2) is 24.7 Å². The van der Waals surface area contributed by atoms with Crippen molar-refractivity contribution in [2.45, 2.75) is 6.92 Å². The molecule has 6 heteroatoms. The molecule has 0 spiro atoms. The van der Waals surface area contributed by atoms with Crippen molar-refractivity contribution in [2.75, 3.05) is 19.0 Å². The van der Waals surface area contributed by atoms with Gasteiger partial charge in [-0.15, -0.1) is 0 Å². The van der Waals surface area contributed by atoms with E-state index in [2.05, 4.69) is 26.2 Å². The zero-order chi connectivity index (χ0) is 17.8. The van der Waals surface area contributed by atoms with E-state index in [0.717, 1.165) is 15.5 Å². The van der Waals surface area contributed by atoms with E-state index in [1.165, 1.54) is 6.20 Å². The molecule has 0 bridgehead atoms. The van der Waals surface area contributed by atoms with E-state index in [9.17, 15) is 4.79 Å². The summed E-state index contributed by atoms with van der Waals surface area (Å²) in [4.78, 5) is 16.8. The summed E-state index contributed by atoms with van der Waals surface area (Å²) in [6, 6.07) is 13.4. The Hall–Kier alpha value is -2.60. The molecule has 0 aliphatic carbocycles. The van der Waals surface area contributed by atoms with Crippen LogP contribution >= 0.6 is 15.9 Å². The lowest BCUT2D eigenvalue weighted by Gasteiger charge is -2.15. The predicted octanol–water partition coefficient (Wildman–Crippen LogP) is 4.93. The Kier molecular flexibility index (Phi) is 5.19. The van der Waals surface area contributed by atoms with Gasteiger partial charge in [0.25, 0.3) is 0 Å². The molecule has 0 aliphatic rings. The van der Waals surface area contributed by atoms with Gasteiger partial charge in [0.1, 0.15) is 11.3 Å². The Morgan fingerprint density at radius 1 is 1.24 bits per heavy atom. The first-order valence-corrected chi connectivity index (χ1v) is 8.58. The Bertz CT molecular complexity index is 913. The highest BCUT2D eigenvalue weighted by atomic mass is 79.9. The van der Waals surface area contributed by atoms with Crippen LogP contribution in [0.5, 0.6) is 5.75 Å². The summed E-state index contributed by atoms with van der Waals surface area (Å²) in [7, 11) is 1.60. The highest BCUT2D eigenvalue weighted by Gasteiger charge is 2.18. The van der Waals surface area contributed by atoms with Crippen LogP contribution in [-0.2, 0) is 4.74 Å². The molecule has 0 radical (unpaired) electrons. The number of hydrogen-bond acceptors (Lipinski definition) is 5. The molecular formula is C19H17BrN2O3. The molecule has 0 fully saturated rings. The van der Waals surface area contributed by atoms with Crippen LogP contribution in [0.4, 0.5) is 11.4 Å². The molecule has 25 heavy (non-hydrogen) atoms. The van der Waals surface area contributed by atoms with Gasteiger partial charge in [0, 0.05) is 23.3 Å². The molecule has 0 atom stereocenters. The summed E-state index contributed by atoms with van der Waals surface area (Å²) in [6.45, 7) is 2.08. The number of anilines is 2. The topological polar surface area (TPSA) is 60.5 Å². The molecule has 1 heterocycles. The average Bonchev–Trinajstić information content (AvgIpc) is 2.62. The molecule has 3 rings (SSSR count). The smallest absolute Gasteiger partial charge is 0.341 e. The number of rotatable bonds is 5. The van der Waals surface area contributed by atoms with Gasteiger partial charge in [0.05, 0.1) is 29.4 Å². The lowest BCUT2D eigenvalue weighted by Crippen LogP contribution is -2.09. The molecule has 0 unspecified atom stereocenters. The van der Waals surface area contributed by atoms with Gasteiger partial charge in [-0.1, -0.05) is 18.2 Å². The minimum absolute atomic E-state index is 0.300. The Morgan fingerprint density at radius 2 is 2.00 bits per heavy atom. The number of methoxy groups -OCH3 is 1. The SMILES string of the molecule is CCOC(=O)c1cnc2cc(OC)c(Br)cc2c1Nc1ccccc1. The normalized spacial score (nSPS) is 10.5. The second kappa shape index (κ2) is 7.53. The summed E-state index contributed by atoms with van der Waals surface area (Å²) >= 11 is 3.49. The Balaban J connectivity index is 2.20. The fourth-order valence-electron chi connectivity index (χ4n) is 2.51. The second-order valence-corrected chi connectivity index (χ2v) is 6.12. The molecule has 5 nitrogen and oxygen atoms in total. The summed E-state index contributed by atoms with van der Waals surface area (Å²) in [6.07, 6.45) is 1.53. The molecular weight excluding hydrogens is 384 g/mol. The molecule has 3 aromatic rings. The number of hydrogen-bond donors (Lipinski definition) is 1. The van der Waals surface area contributed by atoms with Crippen molar-refractivity contribution >= 4 is 44.2 Å². The highest BCUT2D eigenvalue weighted by Crippen LogP contribution is 2.36. The van der Waals surface area contributed by atoms with E-state index >= 15 is 0 Å². The first kappa shape index (κ1) is 17.2. The van der Waals surface area contributed by atoms with Crippen LogP contribution in [0, 0.1) is 0 Å². The highest BCUT2D eigenvalue weighted by molar-refractivity contribution is 9.10. The molecule has 0 amide bonds. The van der Waals surface area contributed by atoms with Crippen molar-refractivity contribution in [3.05, 3.63) is 58.7 Å². The van der Waals surface area contributed by atoms with Crippen LogP contribution in [0.1, 0.15) is 17.3 Å². The van der Waals surface area contributed by atoms with Crippen molar-refractivity contribution in [2.24, 2.45) is 0 Å². The van der Waals surface area contributed by atoms with Crippen molar-refractivity contribution in [1.82, 2.24) is 4.98 Å². The monoisotopic (exact) mass is 400 g/mol. The lowest BCUT2D eigenvalue weighted by molar-refractivity contribution is 0.0527. The van der Waals surface area contributed by atoms with Crippen LogP contribution in [0.15, 0.2) is 53.1 Å². The molecule has 1 aromatic heterocycles. The quantitative estimate of drug-likeness (QED) is 0.615. The van der Waals surface area contributed by atoms with Gasteiger partial charge in [-0.05, 0) is 41.1 Å². The molecule has 2 aromatic carbocycles. The maximum atomic E-state index is 12.4. The zero-order valence-electron chi connectivity index (χ0n) is 13.9.